The van der Waals surface area contributed by atoms with Crippen molar-refractivity contribution >= 4 is 0 Å². The third kappa shape index (κ3) is 2.77. The van der Waals surface area contributed by atoms with Gasteiger partial charge in [0.05, 0.1) is 0 Å². The van der Waals surface area contributed by atoms with Crippen LogP contribution in [0.3, 0.4) is 0 Å². The molecule has 1 heterocycles. The van der Waals surface area contributed by atoms with Gasteiger partial charge in [0, 0.05) is 25.0 Å². The van der Waals surface area contributed by atoms with Gasteiger partial charge in [0.2, 0.25) is 0 Å². The van der Waals surface area contributed by atoms with Gasteiger partial charge in [-0.3, -0.25) is 0 Å². The lowest BCUT2D eigenvalue weighted by molar-refractivity contribution is 0.418. The summed E-state index contributed by atoms with van der Waals surface area (Å²) in [5.41, 5.74) is 9.23. The van der Waals surface area contributed by atoms with Crippen molar-refractivity contribution in [3.63, 3.8) is 0 Å². The molecule has 1 radical (unpaired) electrons. The van der Waals surface area contributed by atoms with E-state index in [0.717, 1.165) is 19.5 Å². The van der Waals surface area contributed by atoms with Gasteiger partial charge in [0.25, 0.3) is 0 Å². The first kappa shape index (κ1) is 13.3. The van der Waals surface area contributed by atoms with Crippen LogP contribution in [0.1, 0.15) is 23.5 Å². The Bertz CT molecular complexity index is 478. The van der Waals surface area contributed by atoms with Crippen LogP contribution in [0.2, 0.25) is 0 Å². The summed E-state index contributed by atoms with van der Waals surface area (Å²) in [6.45, 7) is 1.88. The van der Waals surface area contributed by atoms with Gasteiger partial charge in [-0.1, -0.05) is 60.7 Å². The van der Waals surface area contributed by atoms with Gasteiger partial charge >= 0.3 is 0 Å². The van der Waals surface area contributed by atoms with Crippen LogP contribution in [-0.2, 0) is 0 Å². The average Bonchev–Trinajstić information content (AvgIpc) is 3.04. The molecule has 2 heteroatoms. The zero-order valence-electron chi connectivity index (χ0n) is 11.7. The molecular formula is C18H21N2. The first-order chi connectivity index (χ1) is 9.86. The predicted octanol–water partition coefficient (Wildman–Crippen LogP) is 2.77. The van der Waals surface area contributed by atoms with Gasteiger partial charge < -0.3 is 5.73 Å². The lowest BCUT2D eigenvalue weighted by Crippen LogP contribution is -2.37. The van der Waals surface area contributed by atoms with E-state index in [1.165, 1.54) is 11.1 Å². The second-order valence-corrected chi connectivity index (χ2v) is 5.55. The van der Waals surface area contributed by atoms with Gasteiger partial charge in [-0.25, -0.2) is 5.32 Å². The molecule has 2 nitrogen and oxygen atoms in total. The van der Waals surface area contributed by atoms with Crippen LogP contribution in [-0.4, -0.2) is 19.1 Å². The molecule has 2 unspecified atom stereocenters. The van der Waals surface area contributed by atoms with Crippen LogP contribution in [0, 0.1) is 5.92 Å². The number of nitrogens with two attached hydrogens (primary N) is 1. The van der Waals surface area contributed by atoms with Crippen molar-refractivity contribution in [1.82, 2.24) is 5.32 Å². The summed E-state index contributed by atoms with van der Waals surface area (Å²) in [6.07, 6.45) is 1.12. The molecule has 1 saturated heterocycles. The number of rotatable bonds is 4. The molecule has 1 fully saturated rings. The van der Waals surface area contributed by atoms with Crippen molar-refractivity contribution in [3.05, 3.63) is 71.8 Å². The van der Waals surface area contributed by atoms with Crippen LogP contribution in [0.25, 0.3) is 0 Å². The Morgan fingerprint density at radius 2 is 1.45 bits per heavy atom. The van der Waals surface area contributed by atoms with Crippen LogP contribution < -0.4 is 11.1 Å². The molecule has 2 aromatic rings. The molecule has 103 valence electrons. The molecule has 0 aromatic heterocycles. The van der Waals surface area contributed by atoms with Crippen molar-refractivity contribution in [2.24, 2.45) is 11.7 Å². The molecule has 0 aliphatic carbocycles. The van der Waals surface area contributed by atoms with Crippen molar-refractivity contribution in [2.45, 2.75) is 18.4 Å². The fraction of sp³-hybridized carbons (Fsp3) is 0.333. The lowest BCUT2D eigenvalue weighted by atomic mass is 9.79. The SMILES string of the molecule is NC(C1CC[N]C1)C(c1ccccc1)c1ccccc1. The van der Waals surface area contributed by atoms with Crippen LogP contribution in [0.5, 0.6) is 0 Å². The lowest BCUT2D eigenvalue weighted by Gasteiger charge is -2.29. The second-order valence-electron chi connectivity index (χ2n) is 5.55. The highest BCUT2D eigenvalue weighted by atomic mass is 14.9. The molecule has 0 saturated carbocycles. The number of hydrogen-bond donors (Lipinski definition) is 1. The molecule has 0 spiro atoms. The third-order valence-electron chi connectivity index (χ3n) is 4.27. The summed E-state index contributed by atoms with van der Waals surface area (Å²) < 4.78 is 0. The summed E-state index contributed by atoms with van der Waals surface area (Å²) in [7, 11) is 0. The first-order valence-electron chi connectivity index (χ1n) is 7.35. The highest BCUT2D eigenvalue weighted by molar-refractivity contribution is 5.34. The van der Waals surface area contributed by atoms with Crippen molar-refractivity contribution in [3.8, 4) is 0 Å². The quantitative estimate of drug-likeness (QED) is 0.907. The third-order valence-corrected chi connectivity index (χ3v) is 4.27. The van der Waals surface area contributed by atoms with Crippen LogP contribution in [0.4, 0.5) is 0 Å². The van der Waals surface area contributed by atoms with E-state index in [-0.39, 0.29) is 12.0 Å². The topological polar surface area (TPSA) is 40.1 Å². The second kappa shape index (κ2) is 6.21. The van der Waals surface area contributed by atoms with E-state index in [1.807, 2.05) is 0 Å². The summed E-state index contributed by atoms with van der Waals surface area (Å²) in [5.74, 6) is 0.760. The average molecular weight is 265 g/mol. The van der Waals surface area contributed by atoms with Gasteiger partial charge in [0.15, 0.2) is 0 Å². The largest absolute Gasteiger partial charge is 0.327 e. The molecule has 2 aromatic carbocycles. The molecule has 2 atom stereocenters. The molecule has 1 aliphatic heterocycles. The highest BCUT2D eigenvalue weighted by Crippen LogP contribution is 2.32. The van der Waals surface area contributed by atoms with Gasteiger partial charge in [-0.2, -0.15) is 0 Å². The highest BCUT2D eigenvalue weighted by Gasteiger charge is 2.30. The Hall–Kier alpha value is -1.64. The summed E-state index contributed by atoms with van der Waals surface area (Å²) in [6, 6.07) is 21.4. The van der Waals surface area contributed by atoms with E-state index in [4.69, 9.17) is 5.73 Å². The summed E-state index contributed by atoms with van der Waals surface area (Å²) in [4.78, 5) is 0. The van der Waals surface area contributed by atoms with E-state index in [0.29, 0.717) is 5.92 Å². The molecule has 0 amide bonds. The minimum atomic E-state index is 0.131. The minimum absolute atomic E-state index is 0.131. The van der Waals surface area contributed by atoms with Crippen LogP contribution in [0.15, 0.2) is 60.7 Å². The normalized spacial score (nSPS) is 20.2. The Kier molecular flexibility index (Phi) is 4.14. The van der Waals surface area contributed by atoms with Gasteiger partial charge in [-0.05, 0) is 23.5 Å². The fourth-order valence-electron chi connectivity index (χ4n) is 3.15. The maximum atomic E-state index is 6.63. The fourth-order valence-corrected chi connectivity index (χ4v) is 3.15. The van der Waals surface area contributed by atoms with E-state index in [1.54, 1.807) is 0 Å². The molecule has 20 heavy (non-hydrogen) atoms. The van der Waals surface area contributed by atoms with E-state index >= 15 is 0 Å². The van der Waals surface area contributed by atoms with Crippen LogP contribution >= 0.6 is 0 Å². The monoisotopic (exact) mass is 265 g/mol. The zero-order chi connectivity index (χ0) is 13.8. The maximum absolute atomic E-state index is 6.63. The maximum Gasteiger partial charge on any atom is 0.0244 e. The van der Waals surface area contributed by atoms with E-state index in [2.05, 4.69) is 66.0 Å². The van der Waals surface area contributed by atoms with Gasteiger partial charge in [0.1, 0.15) is 0 Å². The standard InChI is InChI=1S/C18H21N2/c19-18(16-11-12-20-13-16)17(14-7-3-1-4-8-14)15-9-5-2-6-10-15/h1-10,16-18H,11-13,19H2. The summed E-state index contributed by atoms with van der Waals surface area (Å²) >= 11 is 0. The Morgan fingerprint density at radius 3 is 1.90 bits per heavy atom. The molecule has 0 bridgehead atoms. The van der Waals surface area contributed by atoms with Crippen molar-refractivity contribution < 1.29 is 0 Å². The predicted molar refractivity (Wildman–Crippen MR) is 82.7 cm³/mol. The molecular weight excluding hydrogens is 244 g/mol. The Balaban J connectivity index is 1.95. The number of hydrogen-bond acceptors (Lipinski definition) is 1. The van der Waals surface area contributed by atoms with E-state index < -0.39 is 0 Å². The van der Waals surface area contributed by atoms with Crippen molar-refractivity contribution in [2.75, 3.05) is 13.1 Å². The summed E-state index contributed by atoms with van der Waals surface area (Å²) in [5, 5.41) is 4.48. The molecule has 2 N–H and O–H groups in total. The molecule has 3 rings (SSSR count). The van der Waals surface area contributed by atoms with Gasteiger partial charge in [-0.15, -0.1) is 0 Å². The Labute approximate surface area is 121 Å². The van der Waals surface area contributed by atoms with Crippen molar-refractivity contribution in [1.29, 1.82) is 0 Å². The Morgan fingerprint density at radius 1 is 0.900 bits per heavy atom. The number of benzene rings is 2. The molecule has 1 aliphatic rings. The number of nitrogens with zero attached hydrogens (tertiary/aromatic N) is 1. The van der Waals surface area contributed by atoms with E-state index in [9.17, 15) is 0 Å². The minimum Gasteiger partial charge on any atom is -0.327 e. The smallest absolute Gasteiger partial charge is 0.0244 e. The zero-order valence-corrected chi connectivity index (χ0v) is 11.7. The first-order valence-corrected chi connectivity index (χ1v) is 7.35.